The van der Waals surface area contributed by atoms with Crippen molar-refractivity contribution in [2.24, 2.45) is 0 Å². The average Bonchev–Trinajstić information content (AvgIpc) is 3.31. The van der Waals surface area contributed by atoms with Crippen LogP contribution in [0.15, 0.2) is 54.6 Å². The number of unbranched alkanes of at least 4 members (excludes halogenated alkanes) is 1. The first-order valence-corrected chi connectivity index (χ1v) is 10.4. The molecule has 4 rings (SSSR count). The highest BCUT2D eigenvalue weighted by atomic mass is 16.5. The summed E-state index contributed by atoms with van der Waals surface area (Å²) in [5, 5.41) is 0. The Labute approximate surface area is 164 Å². The highest BCUT2D eigenvalue weighted by Gasteiger charge is 2.21. The summed E-state index contributed by atoms with van der Waals surface area (Å²) in [5.74, 6) is 0. The Bertz CT molecular complexity index is 735. The molecular formula is C25H32O2. The zero-order chi connectivity index (χ0) is 18.9. The predicted molar refractivity (Wildman–Crippen MR) is 113 cm³/mol. The van der Waals surface area contributed by atoms with Crippen molar-refractivity contribution in [3.63, 3.8) is 0 Å². The lowest BCUT2D eigenvalue weighted by Gasteiger charge is -2.11. The van der Waals surface area contributed by atoms with Crippen molar-refractivity contribution in [3.05, 3.63) is 76.9 Å². The molecule has 0 spiro atoms. The minimum Gasteiger partial charge on any atom is -0.374 e. The highest BCUT2D eigenvalue weighted by Crippen LogP contribution is 2.33. The van der Waals surface area contributed by atoms with Gasteiger partial charge in [-0.1, -0.05) is 81.0 Å². The van der Waals surface area contributed by atoms with E-state index in [0.717, 1.165) is 26.1 Å². The predicted octanol–water partition coefficient (Wildman–Crippen LogP) is 6.67. The molecule has 0 saturated heterocycles. The van der Waals surface area contributed by atoms with Gasteiger partial charge in [-0.3, -0.25) is 0 Å². The lowest BCUT2D eigenvalue weighted by Crippen LogP contribution is -2.00. The van der Waals surface area contributed by atoms with Gasteiger partial charge >= 0.3 is 0 Å². The molecule has 0 aliphatic heterocycles. The fraction of sp³-hybridized carbons (Fsp3) is 0.440. The van der Waals surface area contributed by atoms with E-state index in [1.807, 2.05) is 0 Å². The number of fused-ring (bicyclic) bond motifs is 2. The van der Waals surface area contributed by atoms with Gasteiger partial charge in [-0.2, -0.15) is 0 Å². The van der Waals surface area contributed by atoms with E-state index in [9.17, 15) is 0 Å². The van der Waals surface area contributed by atoms with Crippen molar-refractivity contribution in [3.8, 4) is 0 Å². The van der Waals surface area contributed by atoms with Gasteiger partial charge in [0.15, 0.2) is 0 Å². The molecule has 27 heavy (non-hydrogen) atoms. The van der Waals surface area contributed by atoms with E-state index >= 15 is 0 Å². The van der Waals surface area contributed by atoms with Crippen LogP contribution in [0.4, 0.5) is 0 Å². The Kier molecular flexibility index (Phi) is 7.67. The first-order valence-electron chi connectivity index (χ1n) is 10.4. The van der Waals surface area contributed by atoms with E-state index in [2.05, 4.69) is 74.5 Å². The van der Waals surface area contributed by atoms with Crippen LogP contribution in [-0.4, -0.2) is 13.2 Å². The van der Waals surface area contributed by atoms with Crippen molar-refractivity contribution in [1.82, 2.24) is 0 Å². The zero-order valence-corrected chi connectivity index (χ0v) is 16.7. The van der Waals surface area contributed by atoms with Crippen molar-refractivity contribution in [2.45, 2.75) is 58.2 Å². The van der Waals surface area contributed by atoms with Crippen LogP contribution in [-0.2, 0) is 15.9 Å². The van der Waals surface area contributed by atoms with Gasteiger partial charge in [0.05, 0.1) is 6.10 Å². The van der Waals surface area contributed by atoms with Gasteiger partial charge in [0.2, 0.25) is 0 Å². The number of rotatable bonds is 7. The first kappa shape index (κ1) is 19.9. The molecule has 2 aromatic rings. The van der Waals surface area contributed by atoms with Gasteiger partial charge in [0.1, 0.15) is 6.10 Å². The van der Waals surface area contributed by atoms with Crippen LogP contribution in [0.25, 0.3) is 6.08 Å². The van der Waals surface area contributed by atoms with E-state index < -0.39 is 0 Å². The first-order chi connectivity index (χ1) is 13.3. The van der Waals surface area contributed by atoms with Gasteiger partial charge < -0.3 is 9.47 Å². The van der Waals surface area contributed by atoms with Crippen LogP contribution in [0.3, 0.4) is 0 Å². The smallest absolute Gasteiger partial charge is 0.102 e. The topological polar surface area (TPSA) is 18.5 Å². The molecule has 2 aliphatic rings. The second-order valence-electron chi connectivity index (χ2n) is 7.23. The van der Waals surface area contributed by atoms with E-state index in [1.54, 1.807) is 0 Å². The summed E-state index contributed by atoms with van der Waals surface area (Å²) in [4.78, 5) is 0. The Morgan fingerprint density at radius 3 is 2.44 bits per heavy atom. The number of hydrogen-bond acceptors (Lipinski definition) is 2. The lowest BCUT2D eigenvalue weighted by molar-refractivity contribution is 0.0545. The quantitative estimate of drug-likeness (QED) is 0.511. The molecule has 0 N–H and O–H groups in total. The molecule has 0 heterocycles. The summed E-state index contributed by atoms with van der Waals surface area (Å²) in [5.41, 5.74) is 5.50. The normalized spacial score (nSPS) is 19.3. The second-order valence-corrected chi connectivity index (χ2v) is 7.23. The third-order valence-corrected chi connectivity index (χ3v) is 5.15. The number of hydrogen-bond donors (Lipinski definition) is 0. The fourth-order valence-corrected chi connectivity index (χ4v) is 3.67. The van der Waals surface area contributed by atoms with Gasteiger partial charge in [-0.15, -0.1) is 0 Å². The minimum atomic E-state index is 0.192. The van der Waals surface area contributed by atoms with Gasteiger partial charge in [-0.25, -0.2) is 0 Å². The maximum absolute atomic E-state index is 5.78. The molecule has 2 atom stereocenters. The van der Waals surface area contributed by atoms with E-state index in [0.29, 0.717) is 6.10 Å². The Morgan fingerprint density at radius 2 is 1.63 bits per heavy atom. The Hall–Kier alpha value is -1.90. The molecule has 2 heteroatoms. The molecule has 0 saturated carbocycles. The molecule has 0 bridgehead atoms. The van der Waals surface area contributed by atoms with E-state index in [-0.39, 0.29) is 6.10 Å². The molecule has 0 radical (unpaired) electrons. The summed E-state index contributed by atoms with van der Waals surface area (Å²) in [6, 6.07) is 17.0. The molecular weight excluding hydrogens is 332 g/mol. The van der Waals surface area contributed by atoms with Crippen LogP contribution < -0.4 is 0 Å². The van der Waals surface area contributed by atoms with Gasteiger partial charge in [0.25, 0.3) is 0 Å². The Morgan fingerprint density at radius 1 is 0.852 bits per heavy atom. The molecule has 0 aromatic heterocycles. The molecule has 0 amide bonds. The number of benzene rings is 2. The van der Waals surface area contributed by atoms with Crippen molar-refractivity contribution in [1.29, 1.82) is 0 Å². The SMILES string of the molecule is CCCCOC1C=Cc2ccccc21.CCCOC1CCc2ccccc21. The van der Waals surface area contributed by atoms with E-state index in [4.69, 9.17) is 9.47 Å². The largest absolute Gasteiger partial charge is 0.374 e. The summed E-state index contributed by atoms with van der Waals surface area (Å²) in [6.07, 6.45) is 10.6. The fourth-order valence-electron chi connectivity index (χ4n) is 3.67. The maximum Gasteiger partial charge on any atom is 0.102 e. The highest BCUT2D eigenvalue weighted by molar-refractivity contribution is 5.61. The third kappa shape index (κ3) is 5.31. The molecule has 2 nitrogen and oxygen atoms in total. The number of ether oxygens (including phenoxy) is 2. The van der Waals surface area contributed by atoms with Gasteiger partial charge in [-0.05, 0) is 47.9 Å². The summed E-state index contributed by atoms with van der Waals surface area (Å²) in [6.45, 7) is 6.08. The molecule has 144 valence electrons. The van der Waals surface area contributed by atoms with Crippen LogP contribution in [0.5, 0.6) is 0 Å². The van der Waals surface area contributed by atoms with Crippen molar-refractivity contribution in [2.75, 3.05) is 13.2 Å². The molecule has 2 aromatic carbocycles. The summed E-state index contributed by atoms with van der Waals surface area (Å²) < 4.78 is 11.6. The molecule has 2 unspecified atom stereocenters. The zero-order valence-electron chi connectivity index (χ0n) is 16.7. The van der Waals surface area contributed by atoms with Crippen LogP contribution in [0.2, 0.25) is 0 Å². The van der Waals surface area contributed by atoms with E-state index in [1.165, 1.54) is 41.5 Å². The summed E-state index contributed by atoms with van der Waals surface area (Å²) in [7, 11) is 0. The Balaban J connectivity index is 0.000000156. The maximum atomic E-state index is 5.78. The average molecular weight is 365 g/mol. The van der Waals surface area contributed by atoms with Gasteiger partial charge in [0, 0.05) is 13.2 Å². The number of aryl methyl sites for hydroxylation is 1. The molecule has 0 fully saturated rings. The van der Waals surface area contributed by atoms with Crippen LogP contribution in [0, 0.1) is 0 Å². The standard InChI is InChI=1S/C13H16O.C12H16O/c1-2-3-10-14-13-9-8-11-6-4-5-7-12(11)13;1-2-9-13-12-8-7-10-5-3-4-6-11(10)12/h4-9,13H,2-3,10H2,1H3;3-6,12H,2,7-9H2,1H3. The monoisotopic (exact) mass is 364 g/mol. The second kappa shape index (κ2) is 10.4. The van der Waals surface area contributed by atoms with Crippen molar-refractivity contribution < 1.29 is 9.47 Å². The van der Waals surface area contributed by atoms with Crippen LogP contribution >= 0.6 is 0 Å². The third-order valence-electron chi connectivity index (χ3n) is 5.15. The van der Waals surface area contributed by atoms with Crippen molar-refractivity contribution >= 4 is 6.08 Å². The minimum absolute atomic E-state index is 0.192. The summed E-state index contributed by atoms with van der Waals surface area (Å²) >= 11 is 0. The lowest BCUT2D eigenvalue weighted by atomic mass is 10.1. The molecule has 2 aliphatic carbocycles. The van der Waals surface area contributed by atoms with Crippen LogP contribution in [0.1, 0.15) is 74.0 Å².